The number of hydrogen-bond donors (Lipinski definition) is 0. The molecule has 84 valence electrons. The summed E-state index contributed by atoms with van der Waals surface area (Å²) < 4.78 is 0. The van der Waals surface area contributed by atoms with Crippen LogP contribution in [-0.4, -0.2) is 18.2 Å². The summed E-state index contributed by atoms with van der Waals surface area (Å²) in [5, 5.41) is -0.506. The lowest BCUT2D eigenvalue weighted by Gasteiger charge is -2.16. The first kappa shape index (κ1) is 11.1. The Kier molecular flexibility index (Phi) is 2.31. The van der Waals surface area contributed by atoms with Crippen molar-refractivity contribution in [2.45, 2.75) is 19.3 Å². The van der Waals surface area contributed by atoms with Crippen molar-refractivity contribution < 1.29 is 9.59 Å². The average molecular weight is 238 g/mol. The Morgan fingerprint density at radius 3 is 2.56 bits per heavy atom. The molecule has 1 aromatic rings. The van der Waals surface area contributed by atoms with Crippen molar-refractivity contribution in [2.75, 3.05) is 11.9 Å². The number of rotatable bonds is 1. The van der Waals surface area contributed by atoms with Gasteiger partial charge in [0.2, 0.25) is 5.91 Å². The Bertz CT molecular complexity index is 494. The number of carbonyl (C=O) groups excluding carboxylic acids is 2. The van der Waals surface area contributed by atoms with Gasteiger partial charge >= 0.3 is 0 Å². The highest BCUT2D eigenvalue weighted by molar-refractivity contribution is 6.67. The molecule has 0 aliphatic carbocycles. The largest absolute Gasteiger partial charge is 0.314 e. The highest BCUT2D eigenvalue weighted by atomic mass is 35.5. The predicted octanol–water partition coefficient (Wildman–Crippen LogP) is 2.32. The molecule has 3 nitrogen and oxygen atoms in total. The molecule has 0 bridgehead atoms. The van der Waals surface area contributed by atoms with Crippen molar-refractivity contribution in [3.8, 4) is 0 Å². The quantitative estimate of drug-likeness (QED) is 0.703. The van der Waals surface area contributed by atoms with Crippen LogP contribution in [0.2, 0.25) is 0 Å². The molecule has 2 rings (SSSR count). The van der Waals surface area contributed by atoms with E-state index in [0.717, 1.165) is 11.3 Å². The first-order valence-corrected chi connectivity index (χ1v) is 5.36. The number of benzene rings is 1. The van der Waals surface area contributed by atoms with Gasteiger partial charge in [-0.2, -0.15) is 0 Å². The third-order valence-electron chi connectivity index (χ3n) is 3.10. The van der Waals surface area contributed by atoms with E-state index in [1.54, 1.807) is 30.1 Å². The minimum Gasteiger partial charge on any atom is -0.314 e. The molecule has 0 aromatic heterocycles. The first-order valence-electron chi connectivity index (χ1n) is 4.98. The summed E-state index contributed by atoms with van der Waals surface area (Å²) in [5.74, 6) is 0.0293. The van der Waals surface area contributed by atoms with Crippen molar-refractivity contribution in [3.05, 3.63) is 29.3 Å². The molecule has 16 heavy (non-hydrogen) atoms. The van der Waals surface area contributed by atoms with Crippen LogP contribution < -0.4 is 4.90 Å². The number of fused-ring (bicyclic) bond motifs is 1. The number of halogens is 1. The van der Waals surface area contributed by atoms with Gasteiger partial charge in [0.15, 0.2) is 0 Å². The van der Waals surface area contributed by atoms with Gasteiger partial charge in [0, 0.05) is 18.3 Å². The van der Waals surface area contributed by atoms with Gasteiger partial charge in [-0.05, 0) is 43.1 Å². The first-order chi connectivity index (χ1) is 7.35. The fourth-order valence-corrected chi connectivity index (χ4v) is 2.22. The third kappa shape index (κ3) is 1.35. The number of amides is 1. The number of hydrogen-bond acceptors (Lipinski definition) is 2. The average Bonchev–Trinajstić information content (AvgIpc) is 2.40. The fraction of sp³-hybridized carbons (Fsp3) is 0.333. The molecule has 4 heteroatoms. The summed E-state index contributed by atoms with van der Waals surface area (Å²) in [7, 11) is 1.71. The molecule has 1 aliphatic rings. The van der Waals surface area contributed by atoms with Crippen LogP contribution in [0.1, 0.15) is 29.8 Å². The number of anilines is 1. The number of carbonyl (C=O) groups is 2. The third-order valence-corrected chi connectivity index (χ3v) is 3.32. The van der Waals surface area contributed by atoms with E-state index in [0.29, 0.717) is 5.56 Å². The van der Waals surface area contributed by atoms with E-state index >= 15 is 0 Å². The van der Waals surface area contributed by atoms with E-state index in [9.17, 15) is 9.59 Å². The SMILES string of the molecule is CN1C(=O)C(C)(C)c2ccc(C(=O)Cl)cc21. The van der Waals surface area contributed by atoms with Crippen molar-refractivity contribution in [1.82, 2.24) is 0 Å². The van der Waals surface area contributed by atoms with Gasteiger partial charge in [-0.1, -0.05) is 6.07 Å². The number of likely N-dealkylation sites (N-methyl/N-ethyl adjacent to an activating group) is 1. The van der Waals surface area contributed by atoms with E-state index < -0.39 is 10.7 Å². The van der Waals surface area contributed by atoms with Crippen LogP contribution in [0.5, 0.6) is 0 Å². The van der Waals surface area contributed by atoms with E-state index in [1.807, 2.05) is 13.8 Å². The second kappa shape index (κ2) is 3.32. The van der Waals surface area contributed by atoms with Gasteiger partial charge in [-0.15, -0.1) is 0 Å². The Balaban J connectivity index is 2.63. The molecule has 0 saturated carbocycles. The molecular formula is C12H12ClNO2. The standard InChI is InChI=1S/C12H12ClNO2/c1-12(2)8-5-4-7(10(13)15)6-9(8)14(3)11(12)16/h4-6H,1-3H3. The summed E-state index contributed by atoms with van der Waals surface area (Å²) >= 11 is 5.42. The van der Waals surface area contributed by atoms with Crippen molar-refractivity contribution >= 4 is 28.4 Å². The molecule has 1 aliphatic heterocycles. The monoisotopic (exact) mass is 237 g/mol. The second-order valence-corrected chi connectivity index (χ2v) is 4.84. The smallest absolute Gasteiger partial charge is 0.252 e. The van der Waals surface area contributed by atoms with Gasteiger partial charge in [0.25, 0.3) is 5.24 Å². The zero-order valence-corrected chi connectivity index (χ0v) is 10.1. The molecule has 1 aromatic carbocycles. The fourth-order valence-electron chi connectivity index (χ4n) is 2.10. The summed E-state index contributed by atoms with van der Waals surface area (Å²) in [4.78, 5) is 24.6. The molecule has 0 atom stereocenters. The molecule has 0 unspecified atom stereocenters. The van der Waals surface area contributed by atoms with Crippen LogP contribution in [0.4, 0.5) is 5.69 Å². The molecule has 0 fully saturated rings. The van der Waals surface area contributed by atoms with Crippen LogP contribution in [0, 0.1) is 0 Å². The summed E-state index contributed by atoms with van der Waals surface area (Å²) in [5.41, 5.74) is 1.58. The van der Waals surface area contributed by atoms with Crippen molar-refractivity contribution in [3.63, 3.8) is 0 Å². The molecule has 1 amide bonds. The van der Waals surface area contributed by atoms with Crippen LogP contribution in [-0.2, 0) is 10.2 Å². The van der Waals surface area contributed by atoms with Gasteiger partial charge < -0.3 is 4.90 Å². The number of nitrogens with zero attached hydrogens (tertiary/aromatic N) is 1. The lowest BCUT2D eigenvalue weighted by atomic mass is 9.86. The highest BCUT2D eigenvalue weighted by Gasteiger charge is 2.42. The molecule has 0 radical (unpaired) electrons. The highest BCUT2D eigenvalue weighted by Crippen LogP contribution is 2.41. The Morgan fingerprint density at radius 2 is 2.00 bits per heavy atom. The molecule has 0 N–H and O–H groups in total. The van der Waals surface area contributed by atoms with Crippen LogP contribution in [0.3, 0.4) is 0 Å². The normalized spacial score (nSPS) is 17.5. The molecular weight excluding hydrogens is 226 g/mol. The molecule has 1 heterocycles. The van der Waals surface area contributed by atoms with E-state index in [2.05, 4.69) is 0 Å². The molecule has 0 saturated heterocycles. The Labute approximate surface area is 99.0 Å². The Hall–Kier alpha value is -1.35. The van der Waals surface area contributed by atoms with Gasteiger partial charge in [-0.25, -0.2) is 0 Å². The van der Waals surface area contributed by atoms with Crippen molar-refractivity contribution in [2.24, 2.45) is 0 Å². The molecule has 0 spiro atoms. The lowest BCUT2D eigenvalue weighted by molar-refractivity contribution is -0.121. The minimum atomic E-state index is -0.530. The second-order valence-electron chi connectivity index (χ2n) is 4.49. The summed E-state index contributed by atoms with van der Waals surface area (Å²) in [6.07, 6.45) is 0. The zero-order valence-electron chi connectivity index (χ0n) is 9.37. The van der Waals surface area contributed by atoms with Crippen LogP contribution in [0.15, 0.2) is 18.2 Å². The van der Waals surface area contributed by atoms with Gasteiger partial charge in [0.1, 0.15) is 0 Å². The Morgan fingerprint density at radius 1 is 1.38 bits per heavy atom. The lowest BCUT2D eigenvalue weighted by Crippen LogP contribution is -2.33. The van der Waals surface area contributed by atoms with E-state index in [1.165, 1.54) is 0 Å². The maximum atomic E-state index is 12.0. The zero-order chi connectivity index (χ0) is 12.1. The van der Waals surface area contributed by atoms with Gasteiger partial charge in [0.05, 0.1) is 5.41 Å². The van der Waals surface area contributed by atoms with Gasteiger partial charge in [-0.3, -0.25) is 9.59 Å². The predicted molar refractivity (Wildman–Crippen MR) is 63.1 cm³/mol. The van der Waals surface area contributed by atoms with Crippen LogP contribution >= 0.6 is 11.6 Å². The van der Waals surface area contributed by atoms with E-state index in [4.69, 9.17) is 11.6 Å². The van der Waals surface area contributed by atoms with E-state index in [-0.39, 0.29) is 5.91 Å². The maximum Gasteiger partial charge on any atom is 0.252 e. The topological polar surface area (TPSA) is 37.4 Å². The summed E-state index contributed by atoms with van der Waals surface area (Å²) in [6, 6.07) is 5.12. The minimum absolute atomic E-state index is 0.0293. The van der Waals surface area contributed by atoms with Crippen molar-refractivity contribution in [1.29, 1.82) is 0 Å². The maximum absolute atomic E-state index is 12.0. The van der Waals surface area contributed by atoms with Crippen LogP contribution in [0.25, 0.3) is 0 Å². The summed E-state index contributed by atoms with van der Waals surface area (Å²) in [6.45, 7) is 3.75.